The molecule has 0 aliphatic carbocycles. The first kappa shape index (κ1) is 16.5. The molecule has 126 valence electrons. The average molecular weight is 337 g/mol. The van der Waals surface area contributed by atoms with E-state index in [1.54, 1.807) is 11.8 Å². The second-order valence-corrected chi connectivity index (χ2v) is 6.72. The van der Waals surface area contributed by atoms with Crippen molar-refractivity contribution in [3.05, 3.63) is 23.8 Å². The molecule has 1 saturated heterocycles. The number of amides is 1. The molecule has 1 amide bonds. The largest absolute Gasteiger partial charge is 0.454 e. The summed E-state index contributed by atoms with van der Waals surface area (Å²) < 4.78 is 16.6. The molecule has 1 unspecified atom stereocenters. The van der Waals surface area contributed by atoms with Crippen LogP contribution in [0.5, 0.6) is 11.5 Å². The first-order valence-electron chi connectivity index (χ1n) is 8.18. The van der Waals surface area contributed by atoms with Crippen LogP contribution in [0.4, 0.5) is 0 Å². The van der Waals surface area contributed by atoms with Gasteiger partial charge in [-0.15, -0.1) is 11.8 Å². The highest BCUT2D eigenvalue weighted by Gasteiger charge is 2.35. The van der Waals surface area contributed by atoms with Crippen LogP contribution in [-0.4, -0.2) is 43.1 Å². The number of benzene rings is 1. The van der Waals surface area contributed by atoms with Crippen molar-refractivity contribution >= 4 is 17.7 Å². The second-order valence-electron chi connectivity index (χ2n) is 5.65. The predicted molar refractivity (Wildman–Crippen MR) is 89.8 cm³/mol. The summed E-state index contributed by atoms with van der Waals surface area (Å²) >= 11 is 1.65. The lowest BCUT2D eigenvalue weighted by atomic mass is 10.1. The van der Waals surface area contributed by atoms with Gasteiger partial charge in [0.25, 0.3) is 0 Å². The molecule has 6 heteroatoms. The minimum Gasteiger partial charge on any atom is -0.454 e. The summed E-state index contributed by atoms with van der Waals surface area (Å²) in [6, 6.07) is 5.88. The van der Waals surface area contributed by atoms with Crippen LogP contribution in [0.25, 0.3) is 0 Å². The Kier molecular flexibility index (Phi) is 5.67. The van der Waals surface area contributed by atoms with Crippen molar-refractivity contribution < 1.29 is 19.0 Å². The Balaban J connectivity index is 1.61. The van der Waals surface area contributed by atoms with Crippen molar-refractivity contribution in [2.75, 3.05) is 32.3 Å². The lowest BCUT2D eigenvalue weighted by molar-refractivity contribution is -0.128. The van der Waals surface area contributed by atoms with E-state index in [1.807, 2.05) is 23.1 Å². The Morgan fingerprint density at radius 3 is 3.04 bits per heavy atom. The second kappa shape index (κ2) is 7.93. The highest BCUT2D eigenvalue weighted by molar-refractivity contribution is 8.00. The van der Waals surface area contributed by atoms with Crippen molar-refractivity contribution in [1.29, 1.82) is 0 Å². The lowest BCUT2D eigenvalue weighted by Crippen LogP contribution is -2.30. The highest BCUT2D eigenvalue weighted by atomic mass is 32.2. The van der Waals surface area contributed by atoms with E-state index in [0.29, 0.717) is 18.9 Å². The third kappa shape index (κ3) is 3.75. The Hall–Kier alpha value is -1.40. The van der Waals surface area contributed by atoms with Crippen LogP contribution < -0.4 is 9.47 Å². The molecule has 2 aliphatic rings. The monoisotopic (exact) mass is 337 g/mol. The van der Waals surface area contributed by atoms with Gasteiger partial charge in [0.2, 0.25) is 12.7 Å². The van der Waals surface area contributed by atoms with Gasteiger partial charge in [0, 0.05) is 25.3 Å². The number of para-hydroxylation sites is 1. The number of unbranched alkanes of at least 4 members (excludes halogenated alkanes) is 1. The molecule has 2 heterocycles. The zero-order valence-electron chi connectivity index (χ0n) is 13.5. The van der Waals surface area contributed by atoms with Crippen LogP contribution in [0.2, 0.25) is 0 Å². The molecule has 2 aliphatic heterocycles. The maximum Gasteiger partial charge on any atom is 0.233 e. The molecule has 1 fully saturated rings. The molecule has 1 atom stereocenters. The Morgan fingerprint density at radius 1 is 1.30 bits per heavy atom. The van der Waals surface area contributed by atoms with Crippen molar-refractivity contribution in [2.24, 2.45) is 0 Å². The van der Waals surface area contributed by atoms with E-state index in [2.05, 4.69) is 6.92 Å². The quantitative estimate of drug-likeness (QED) is 0.682. The third-order valence-corrected chi connectivity index (χ3v) is 5.23. The summed E-state index contributed by atoms with van der Waals surface area (Å²) in [5, 5.41) is 0.00907. The smallest absolute Gasteiger partial charge is 0.233 e. The van der Waals surface area contributed by atoms with Crippen molar-refractivity contribution in [1.82, 2.24) is 4.90 Å². The number of nitrogens with zero attached hydrogens (tertiary/aromatic N) is 1. The van der Waals surface area contributed by atoms with Crippen molar-refractivity contribution in [3.63, 3.8) is 0 Å². The van der Waals surface area contributed by atoms with E-state index in [0.717, 1.165) is 42.9 Å². The normalized spacial score (nSPS) is 19.6. The number of thioether (sulfide) groups is 1. The Morgan fingerprint density at radius 2 is 2.17 bits per heavy atom. The standard InChI is InChI=1S/C17H23NO4S/c1-2-3-9-20-10-5-8-18-15(19)11-23-17(18)13-6-4-7-14-16(13)22-12-21-14/h4,6-7,17H,2-3,5,8-12H2,1H3. The SMILES string of the molecule is CCCCOCCCN1C(=O)CSC1c1cccc2c1OCO2. The minimum atomic E-state index is 0.00907. The van der Waals surface area contributed by atoms with Crippen LogP contribution in [0.1, 0.15) is 37.1 Å². The summed E-state index contributed by atoms with van der Waals surface area (Å²) in [7, 11) is 0. The van der Waals surface area contributed by atoms with Gasteiger partial charge in [-0.2, -0.15) is 0 Å². The average Bonchev–Trinajstić information content (AvgIpc) is 3.17. The first-order chi connectivity index (χ1) is 11.3. The molecule has 5 nitrogen and oxygen atoms in total. The number of carbonyl (C=O) groups is 1. The van der Waals surface area contributed by atoms with E-state index in [-0.39, 0.29) is 18.1 Å². The van der Waals surface area contributed by atoms with E-state index >= 15 is 0 Å². The zero-order chi connectivity index (χ0) is 16.1. The molecule has 23 heavy (non-hydrogen) atoms. The van der Waals surface area contributed by atoms with E-state index in [1.165, 1.54) is 0 Å². The molecule has 0 radical (unpaired) electrons. The molecule has 0 bridgehead atoms. The summed E-state index contributed by atoms with van der Waals surface area (Å²) in [6.45, 7) is 4.63. The Bertz CT molecular complexity index is 551. The molecular formula is C17H23NO4S. The summed E-state index contributed by atoms with van der Waals surface area (Å²) in [4.78, 5) is 14.2. The van der Waals surface area contributed by atoms with Crippen molar-refractivity contribution in [2.45, 2.75) is 31.6 Å². The summed E-state index contributed by atoms with van der Waals surface area (Å²) in [5.41, 5.74) is 1.03. The number of hydrogen-bond donors (Lipinski definition) is 0. The van der Waals surface area contributed by atoms with Gasteiger partial charge >= 0.3 is 0 Å². The summed E-state index contributed by atoms with van der Waals surface area (Å²) in [6.07, 6.45) is 3.10. The predicted octanol–water partition coefficient (Wildman–Crippen LogP) is 3.20. The number of rotatable bonds is 8. The first-order valence-corrected chi connectivity index (χ1v) is 9.23. The number of fused-ring (bicyclic) bond motifs is 1. The summed E-state index contributed by atoms with van der Waals surface area (Å²) in [5.74, 6) is 2.26. The number of hydrogen-bond acceptors (Lipinski definition) is 5. The lowest BCUT2D eigenvalue weighted by Gasteiger charge is -2.25. The third-order valence-electron chi connectivity index (χ3n) is 3.99. The number of ether oxygens (including phenoxy) is 3. The van der Waals surface area contributed by atoms with Crippen LogP contribution in [-0.2, 0) is 9.53 Å². The van der Waals surface area contributed by atoms with Gasteiger partial charge in [0.15, 0.2) is 11.5 Å². The van der Waals surface area contributed by atoms with Gasteiger partial charge in [0.1, 0.15) is 5.37 Å². The zero-order valence-corrected chi connectivity index (χ0v) is 14.3. The van der Waals surface area contributed by atoms with Crippen molar-refractivity contribution in [3.8, 4) is 11.5 Å². The van der Waals surface area contributed by atoms with Gasteiger partial charge in [-0.25, -0.2) is 0 Å². The molecule has 1 aromatic carbocycles. The maximum atomic E-state index is 12.2. The maximum absolute atomic E-state index is 12.2. The van der Waals surface area contributed by atoms with E-state index in [9.17, 15) is 4.79 Å². The minimum absolute atomic E-state index is 0.00907. The van der Waals surface area contributed by atoms with Crippen LogP contribution >= 0.6 is 11.8 Å². The van der Waals surface area contributed by atoms with Gasteiger partial charge < -0.3 is 19.1 Å². The molecule has 0 saturated carbocycles. The highest BCUT2D eigenvalue weighted by Crippen LogP contribution is 2.47. The van der Waals surface area contributed by atoms with Gasteiger partial charge in [-0.05, 0) is 18.9 Å². The molecule has 0 N–H and O–H groups in total. The van der Waals surface area contributed by atoms with Gasteiger partial charge in [-0.3, -0.25) is 4.79 Å². The fourth-order valence-electron chi connectivity index (χ4n) is 2.79. The van der Waals surface area contributed by atoms with Gasteiger partial charge in [-0.1, -0.05) is 25.5 Å². The number of carbonyl (C=O) groups excluding carboxylic acids is 1. The molecule has 0 aromatic heterocycles. The topological polar surface area (TPSA) is 48.0 Å². The van der Waals surface area contributed by atoms with Crippen LogP contribution in [0.15, 0.2) is 18.2 Å². The molecule has 0 spiro atoms. The van der Waals surface area contributed by atoms with Crippen LogP contribution in [0, 0.1) is 0 Å². The molecule has 1 aromatic rings. The van der Waals surface area contributed by atoms with E-state index in [4.69, 9.17) is 14.2 Å². The van der Waals surface area contributed by atoms with E-state index < -0.39 is 0 Å². The molecule has 3 rings (SSSR count). The Labute approximate surface area is 141 Å². The van der Waals surface area contributed by atoms with Crippen LogP contribution in [0.3, 0.4) is 0 Å². The molecular weight excluding hydrogens is 314 g/mol. The fourth-order valence-corrected chi connectivity index (χ4v) is 4.02. The van der Waals surface area contributed by atoms with Gasteiger partial charge in [0.05, 0.1) is 5.75 Å². The fraction of sp³-hybridized carbons (Fsp3) is 0.588.